The lowest BCUT2D eigenvalue weighted by molar-refractivity contribution is 0.122. The third-order valence-corrected chi connectivity index (χ3v) is 3.00. The Morgan fingerprint density at radius 3 is 2.76 bits per heavy atom. The van der Waals surface area contributed by atoms with Crippen LogP contribution in [0.4, 0.5) is 0 Å². The van der Waals surface area contributed by atoms with Crippen LogP contribution in [0.25, 0.3) is 11.6 Å². The predicted octanol–water partition coefficient (Wildman–Crippen LogP) is 1.81. The molecule has 2 aromatic rings. The van der Waals surface area contributed by atoms with Crippen molar-refractivity contribution in [3.05, 3.63) is 24.3 Å². The van der Waals surface area contributed by atoms with Crippen molar-refractivity contribution in [2.75, 3.05) is 40.5 Å². The van der Waals surface area contributed by atoms with E-state index in [2.05, 4.69) is 15.0 Å². The van der Waals surface area contributed by atoms with Crippen LogP contribution in [0.15, 0.2) is 27.3 Å². The highest BCUT2D eigenvalue weighted by atomic mass is 16.5. The van der Waals surface area contributed by atoms with E-state index >= 15 is 0 Å². The fourth-order valence-electron chi connectivity index (χ4n) is 1.94. The van der Waals surface area contributed by atoms with Gasteiger partial charge in [0.25, 0.3) is 0 Å². The molecular weight excluding hydrogens is 274 g/mol. The molecule has 116 valence electrons. The maximum Gasteiger partial charge on any atom is 0.241 e. The van der Waals surface area contributed by atoms with E-state index < -0.39 is 0 Å². The first-order valence-electron chi connectivity index (χ1n) is 6.90. The van der Waals surface area contributed by atoms with E-state index in [4.69, 9.17) is 18.4 Å². The van der Waals surface area contributed by atoms with Crippen LogP contribution in [0.2, 0.25) is 0 Å². The average molecular weight is 295 g/mol. The van der Waals surface area contributed by atoms with Crippen LogP contribution >= 0.6 is 0 Å². The van der Waals surface area contributed by atoms with Crippen LogP contribution in [0.3, 0.4) is 0 Å². The molecule has 2 aromatic heterocycles. The predicted molar refractivity (Wildman–Crippen MR) is 75.6 cm³/mol. The van der Waals surface area contributed by atoms with Crippen molar-refractivity contribution in [2.45, 2.75) is 13.0 Å². The summed E-state index contributed by atoms with van der Waals surface area (Å²) in [5.41, 5.74) is 0. The number of hydrogen-bond acceptors (Lipinski definition) is 7. The molecule has 0 radical (unpaired) electrons. The zero-order valence-corrected chi connectivity index (χ0v) is 12.4. The molecule has 7 nitrogen and oxygen atoms in total. The number of ether oxygens (including phenoxy) is 2. The quantitative estimate of drug-likeness (QED) is 0.619. The summed E-state index contributed by atoms with van der Waals surface area (Å²) < 4.78 is 20.7. The van der Waals surface area contributed by atoms with Gasteiger partial charge in [-0.25, -0.2) is 0 Å². The van der Waals surface area contributed by atoms with Crippen LogP contribution in [0, 0.1) is 0 Å². The van der Waals surface area contributed by atoms with E-state index in [1.165, 1.54) is 0 Å². The van der Waals surface area contributed by atoms with Crippen molar-refractivity contribution in [3.8, 4) is 11.6 Å². The maximum absolute atomic E-state index is 5.27. The van der Waals surface area contributed by atoms with Gasteiger partial charge in [0.15, 0.2) is 5.76 Å². The number of aromatic nitrogens is 2. The van der Waals surface area contributed by atoms with Crippen molar-refractivity contribution in [2.24, 2.45) is 0 Å². The number of furan rings is 1. The molecular formula is C14H21N3O4. The van der Waals surface area contributed by atoms with E-state index in [0.29, 0.717) is 30.6 Å². The first-order chi connectivity index (χ1) is 10.3. The van der Waals surface area contributed by atoms with Gasteiger partial charge in [-0.2, -0.15) is 4.98 Å². The zero-order valence-electron chi connectivity index (χ0n) is 12.4. The molecule has 7 heteroatoms. The van der Waals surface area contributed by atoms with Crippen molar-refractivity contribution in [1.29, 1.82) is 0 Å². The molecule has 0 aliphatic rings. The molecule has 2 rings (SSSR count). The highest BCUT2D eigenvalue weighted by molar-refractivity contribution is 5.44. The topological polar surface area (TPSA) is 73.8 Å². The largest absolute Gasteiger partial charge is 0.461 e. The molecule has 0 aliphatic carbocycles. The Labute approximate surface area is 123 Å². The van der Waals surface area contributed by atoms with E-state index in [9.17, 15) is 0 Å². The lowest BCUT2D eigenvalue weighted by Gasteiger charge is -2.19. The summed E-state index contributed by atoms with van der Waals surface area (Å²) >= 11 is 0. The third-order valence-electron chi connectivity index (χ3n) is 3.00. The minimum absolute atomic E-state index is 0.471. The first kappa shape index (κ1) is 15.7. The maximum atomic E-state index is 5.27. The summed E-state index contributed by atoms with van der Waals surface area (Å²) in [6, 6.07) is 3.59. The summed E-state index contributed by atoms with van der Waals surface area (Å²) in [6.45, 7) is 3.66. The smallest absolute Gasteiger partial charge is 0.241 e. The third kappa shape index (κ3) is 4.96. The average Bonchev–Trinajstić information content (AvgIpc) is 3.15. The van der Waals surface area contributed by atoms with Crippen LogP contribution in [0.5, 0.6) is 0 Å². The van der Waals surface area contributed by atoms with Crippen molar-refractivity contribution in [1.82, 2.24) is 15.0 Å². The Morgan fingerprint density at radius 1 is 1.19 bits per heavy atom. The van der Waals surface area contributed by atoms with Gasteiger partial charge in [-0.1, -0.05) is 5.16 Å². The van der Waals surface area contributed by atoms with Crippen molar-refractivity contribution in [3.63, 3.8) is 0 Å². The lowest BCUT2D eigenvalue weighted by Crippen LogP contribution is -2.28. The standard InChI is InChI=1S/C14H21N3O4/c1-18-8-4-6-17(7-10-19-2)11-13-15-14(16-21-13)12-5-3-9-20-12/h3,5,9H,4,6-8,10-11H2,1-2H3. The number of methoxy groups -OCH3 is 2. The van der Waals surface area contributed by atoms with Crippen LogP contribution < -0.4 is 0 Å². The highest BCUT2D eigenvalue weighted by Gasteiger charge is 2.14. The fourth-order valence-corrected chi connectivity index (χ4v) is 1.94. The fraction of sp³-hybridized carbons (Fsp3) is 0.571. The molecule has 0 fully saturated rings. The number of hydrogen-bond donors (Lipinski definition) is 0. The van der Waals surface area contributed by atoms with Gasteiger partial charge < -0.3 is 18.4 Å². The highest BCUT2D eigenvalue weighted by Crippen LogP contribution is 2.16. The molecule has 0 amide bonds. The molecule has 2 heterocycles. The molecule has 0 aromatic carbocycles. The number of rotatable bonds is 10. The van der Waals surface area contributed by atoms with E-state index in [1.807, 2.05) is 0 Å². The van der Waals surface area contributed by atoms with E-state index in [1.54, 1.807) is 32.6 Å². The normalized spacial score (nSPS) is 11.4. The van der Waals surface area contributed by atoms with Gasteiger partial charge >= 0.3 is 0 Å². The molecule has 0 bridgehead atoms. The molecule has 0 unspecified atom stereocenters. The van der Waals surface area contributed by atoms with Gasteiger partial charge in [0, 0.05) is 33.9 Å². The second kappa shape index (κ2) is 8.56. The summed E-state index contributed by atoms with van der Waals surface area (Å²) in [5.74, 6) is 1.64. The van der Waals surface area contributed by atoms with Gasteiger partial charge in [-0.15, -0.1) is 0 Å². The van der Waals surface area contributed by atoms with Gasteiger partial charge in [0.05, 0.1) is 19.4 Å². The second-order valence-corrected chi connectivity index (χ2v) is 4.60. The first-order valence-corrected chi connectivity index (χ1v) is 6.90. The van der Waals surface area contributed by atoms with Gasteiger partial charge in [0.2, 0.25) is 11.7 Å². The summed E-state index contributed by atoms with van der Waals surface area (Å²) in [7, 11) is 3.39. The zero-order chi connectivity index (χ0) is 14.9. The Bertz CT molecular complexity index is 498. The van der Waals surface area contributed by atoms with E-state index in [-0.39, 0.29) is 0 Å². The summed E-state index contributed by atoms with van der Waals surface area (Å²) in [5, 5.41) is 3.93. The van der Waals surface area contributed by atoms with Gasteiger partial charge in [0.1, 0.15) is 0 Å². The summed E-state index contributed by atoms with van der Waals surface area (Å²) in [6.07, 6.45) is 2.53. The van der Waals surface area contributed by atoms with Crippen LogP contribution in [0.1, 0.15) is 12.3 Å². The molecule has 21 heavy (non-hydrogen) atoms. The molecule has 0 atom stereocenters. The molecule has 0 spiro atoms. The Hall–Kier alpha value is -1.70. The van der Waals surface area contributed by atoms with Crippen LogP contribution in [-0.4, -0.2) is 55.6 Å². The Kier molecular flexibility index (Phi) is 6.39. The molecule has 0 saturated carbocycles. The minimum atomic E-state index is 0.471. The van der Waals surface area contributed by atoms with Gasteiger partial charge in [-0.05, 0) is 18.6 Å². The molecule has 0 saturated heterocycles. The van der Waals surface area contributed by atoms with Crippen molar-refractivity contribution >= 4 is 0 Å². The SMILES string of the molecule is COCCCN(CCOC)Cc1nc(-c2ccco2)no1. The monoisotopic (exact) mass is 295 g/mol. The van der Waals surface area contributed by atoms with Gasteiger partial charge in [-0.3, -0.25) is 4.90 Å². The second-order valence-electron chi connectivity index (χ2n) is 4.60. The molecule has 0 N–H and O–H groups in total. The molecule has 0 aliphatic heterocycles. The Morgan fingerprint density at radius 2 is 2.05 bits per heavy atom. The van der Waals surface area contributed by atoms with Crippen molar-refractivity contribution < 1.29 is 18.4 Å². The number of nitrogens with zero attached hydrogens (tertiary/aromatic N) is 3. The minimum Gasteiger partial charge on any atom is -0.461 e. The van der Waals surface area contributed by atoms with E-state index in [0.717, 1.165) is 26.1 Å². The summed E-state index contributed by atoms with van der Waals surface area (Å²) in [4.78, 5) is 6.54. The Balaban J connectivity index is 1.92. The lowest BCUT2D eigenvalue weighted by atomic mass is 10.3. The van der Waals surface area contributed by atoms with Crippen LogP contribution in [-0.2, 0) is 16.0 Å².